The van der Waals surface area contributed by atoms with E-state index < -0.39 is 17.3 Å². The minimum atomic E-state index is -4.39. The third-order valence-corrected chi connectivity index (χ3v) is 5.73. The normalized spacial score (nSPS) is 19.2. The zero-order valence-corrected chi connectivity index (χ0v) is 17.3. The fraction of sp³-hybridized carbons (Fsp3) is 0.304. The summed E-state index contributed by atoms with van der Waals surface area (Å²) in [6.07, 6.45) is -2.83. The van der Waals surface area contributed by atoms with Crippen LogP contribution in [0.2, 0.25) is 0 Å². The minimum Gasteiger partial charge on any atom is -0.375 e. The molecular formula is C23H22F3N3O3. The average Bonchev–Trinajstić information content (AvgIpc) is 3.12. The van der Waals surface area contributed by atoms with Crippen LogP contribution in [0.15, 0.2) is 60.3 Å². The largest absolute Gasteiger partial charge is 0.416 e. The lowest BCUT2D eigenvalue weighted by Gasteiger charge is -2.40. The number of amides is 1. The average molecular weight is 445 g/mol. The topological polar surface area (TPSA) is 74.7 Å². The number of hydrogen-bond acceptors (Lipinski definition) is 5. The van der Waals surface area contributed by atoms with Crippen LogP contribution in [0.5, 0.6) is 0 Å². The van der Waals surface area contributed by atoms with Crippen LogP contribution in [0.25, 0.3) is 0 Å². The molecule has 0 unspecified atom stereocenters. The van der Waals surface area contributed by atoms with Gasteiger partial charge in [0.2, 0.25) is 0 Å². The molecule has 2 saturated heterocycles. The molecule has 32 heavy (non-hydrogen) atoms. The second kappa shape index (κ2) is 8.40. The van der Waals surface area contributed by atoms with Crippen LogP contribution in [0, 0.1) is 5.41 Å². The van der Waals surface area contributed by atoms with Gasteiger partial charge in [-0.1, -0.05) is 12.1 Å². The lowest BCUT2D eigenvalue weighted by atomic mass is 9.91. The first-order valence-electron chi connectivity index (χ1n) is 9.95. The number of ether oxygens (including phenoxy) is 2. The van der Waals surface area contributed by atoms with Crippen molar-refractivity contribution in [1.82, 2.24) is 4.90 Å². The van der Waals surface area contributed by atoms with Crippen LogP contribution >= 0.6 is 0 Å². The maximum Gasteiger partial charge on any atom is 0.416 e. The van der Waals surface area contributed by atoms with Crippen LogP contribution in [0.1, 0.15) is 21.5 Å². The number of alkyl halides is 3. The van der Waals surface area contributed by atoms with E-state index in [0.29, 0.717) is 30.0 Å². The molecule has 1 amide bonds. The third kappa shape index (κ3) is 4.26. The van der Waals surface area contributed by atoms with Crippen molar-refractivity contribution in [2.45, 2.75) is 11.8 Å². The van der Waals surface area contributed by atoms with E-state index in [-0.39, 0.29) is 24.7 Å². The summed E-state index contributed by atoms with van der Waals surface area (Å²) in [5.41, 5.74) is 1.60. The van der Waals surface area contributed by atoms with Crippen LogP contribution in [0.4, 0.5) is 18.9 Å². The van der Waals surface area contributed by atoms with Gasteiger partial charge in [0.1, 0.15) is 5.60 Å². The molecule has 2 aliphatic rings. The highest BCUT2D eigenvalue weighted by molar-refractivity contribution is 6.07. The van der Waals surface area contributed by atoms with Crippen molar-refractivity contribution in [2.75, 3.05) is 38.7 Å². The number of halogens is 3. The van der Waals surface area contributed by atoms with Gasteiger partial charge in [0.25, 0.3) is 5.91 Å². The molecule has 2 aromatic carbocycles. The molecule has 0 aliphatic carbocycles. The molecule has 2 aromatic rings. The molecule has 0 aromatic heterocycles. The van der Waals surface area contributed by atoms with Crippen molar-refractivity contribution in [1.29, 1.82) is 5.41 Å². The fourth-order valence-corrected chi connectivity index (χ4v) is 3.64. The van der Waals surface area contributed by atoms with Crippen molar-refractivity contribution in [2.24, 2.45) is 0 Å². The van der Waals surface area contributed by atoms with Gasteiger partial charge in [-0.05, 0) is 42.0 Å². The summed E-state index contributed by atoms with van der Waals surface area (Å²) < 4.78 is 48.8. The second-order valence-corrected chi connectivity index (χ2v) is 7.80. The van der Waals surface area contributed by atoms with E-state index in [1.165, 1.54) is 12.1 Å². The lowest BCUT2D eigenvalue weighted by Crippen LogP contribution is -2.48. The maximum absolute atomic E-state index is 12.9. The van der Waals surface area contributed by atoms with Gasteiger partial charge in [-0.2, -0.15) is 13.2 Å². The van der Waals surface area contributed by atoms with Crippen LogP contribution < -0.4 is 5.32 Å². The zero-order valence-electron chi connectivity index (χ0n) is 17.3. The van der Waals surface area contributed by atoms with Crippen LogP contribution in [-0.4, -0.2) is 49.9 Å². The van der Waals surface area contributed by atoms with Gasteiger partial charge in [0, 0.05) is 36.7 Å². The molecule has 9 heteroatoms. The Balaban J connectivity index is 1.40. The first-order valence-corrected chi connectivity index (χ1v) is 9.95. The number of hydrogen-bond donors (Lipinski definition) is 2. The summed E-state index contributed by atoms with van der Waals surface area (Å²) in [5.74, 6) is -0.199. The Kier molecular flexibility index (Phi) is 5.79. The highest BCUT2D eigenvalue weighted by Crippen LogP contribution is 2.33. The SMILES string of the molecule is COC1(c2ccc(C(=O)N3CC(=N)/C(=C\Nc4ccc(C(F)(F)F)cc4)C3)cc2)COC1. The molecule has 2 aliphatic heterocycles. The van der Waals surface area contributed by atoms with E-state index in [1.54, 1.807) is 30.3 Å². The zero-order chi connectivity index (χ0) is 22.9. The Morgan fingerprint density at radius 3 is 2.31 bits per heavy atom. The Morgan fingerprint density at radius 1 is 1.12 bits per heavy atom. The smallest absolute Gasteiger partial charge is 0.375 e. The van der Waals surface area contributed by atoms with E-state index in [4.69, 9.17) is 14.9 Å². The van der Waals surface area contributed by atoms with Crippen LogP contribution in [-0.2, 0) is 21.3 Å². The summed E-state index contributed by atoms with van der Waals surface area (Å²) in [4.78, 5) is 14.4. The van der Waals surface area contributed by atoms with Gasteiger partial charge in [-0.15, -0.1) is 0 Å². The Hall–Kier alpha value is -3.17. The van der Waals surface area contributed by atoms with Crippen molar-refractivity contribution >= 4 is 17.3 Å². The van der Waals surface area contributed by atoms with Gasteiger partial charge in [-0.3, -0.25) is 4.79 Å². The number of anilines is 1. The second-order valence-electron chi connectivity index (χ2n) is 7.80. The summed E-state index contributed by atoms with van der Waals surface area (Å²) in [6, 6.07) is 11.8. The van der Waals surface area contributed by atoms with E-state index in [9.17, 15) is 18.0 Å². The minimum absolute atomic E-state index is 0.164. The molecule has 6 nitrogen and oxygen atoms in total. The van der Waals surface area contributed by atoms with E-state index in [0.717, 1.165) is 17.7 Å². The first-order chi connectivity index (χ1) is 15.2. The van der Waals surface area contributed by atoms with Gasteiger partial charge < -0.3 is 25.1 Å². The molecule has 2 heterocycles. The Morgan fingerprint density at radius 2 is 1.78 bits per heavy atom. The van der Waals surface area contributed by atoms with E-state index in [1.807, 2.05) is 12.1 Å². The predicted octanol–water partition coefficient (Wildman–Crippen LogP) is 4.05. The fourth-order valence-electron chi connectivity index (χ4n) is 3.64. The highest BCUT2D eigenvalue weighted by atomic mass is 19.4. The number of carbonyl (C=O) groups excluding carboxylic acids is 1. The van der Waals surface area contributed by atoms with Gasteiger partial charge >= 0.3 is 6.18 Å². The molecule has 2 fully saturated rings. The number of rotatable bonds is 5. The molecular weight excluding hydrogens is 423 g/mol. The summed E-state index contributed by atoms with van der Waals surface area (Å²) in [7, 11) is 1.63. The van der Waals surface area contributed by atoms with E-state index >= 15 is 0 Å². The van der Waals surface area contributed by atoms with Crippen molar-refractivity contribution < 1.29 is 27.4 Å². The summed E-state index contributed by atoms with van der Waals surface area (Å²) in [5, 5.41) is 11.1. The van der Waals surface area contributed by atoms with Gasteiger partial charge in [0.05, 0.1) is 31.0 Å². The number of carbonyl (C=O) groups is 1. The quantitative estimate of drug-likeness (QED) is 0.728. The highest BCUT2D eigenvalue weighted by Gasteiger charge is 2.40. The van der Waals surface area contributed by atoms with Crippen molar-refractivity contribution in [3.05, 3.63) is 77.0 Å². The first kappa shape index (κ1) is 22.0. The van der Waals surface area contributed by atoms with Crippen LogP contribution in [0.3, 0.4) is 0 Å². The summed E-state index contributed by atoms with van der Waals surface area (Å²) >= 11 is 0. The molecule has 0 spiro atoms. The van der Waals surface area contributed by atoms with Crippen molar-refractivity contribution in [3.63, 3.8) is 0 Å². The Labute approximate surface area is 183 Å². The number of benzene rings is 2. The number of nitrogens with one attached hydrogen (secondary N) is 2. The lowest BCUT2D eigenvalue weighted by molar-refractivity contribution is -0.202. The predicted molar refractivity (Wildman–Crippen MR) is 113 cm³/mol. The molecule has 2 N–H and O–H groups in total. The number of methoxy groups -OCH3 is 1. The monoisotopic (exact) mass is 445 g/mol. The Bertz CT molecular complexity index is 1040. The number of likely N-dealkylation sites (tertiary alicyclic amines) is 1. The van der Waals surface area contributed by atoms with Gasteiger partial charge in [0.15, 0.2) is 0 Å². The van der Waals surface area contributed by atoms with Crippen molar-refractivity contribution in [3.8, 4) is 0 Å². The third-order valence-electron chi connectivity index (χ3n) is 5.73. The number of nitrogens with zero attached hydrogens (tertiary/aromatic N) is 1. The molecule has 4 rings (SSSR count). The molecule has 0 atom stereocenters. The molecule has 0 bridgehead atoms. The molecule has 0 radical (unpaired) electrons. The summed E-state index contributed by atoms with van der Waals surface area (Å²) in [6.45, 7) is 1.35. The standard InChI is InChI=1S/C23H22F3N3O3/c1-31-22(13-32-14-22)17-4-2-15(3-5-17)21(30)29-11-16(20(27)12-29)10-28-19-8-6-18(7-9-19)23(24,25)26/h2-10,27-28H,11-14H2,1H3/b16-10-,27-20?. The molecule has 168 valence electrons. The van der Waals surface area contributed by atoms with E-state index in [2.05, 4.69) is 5.32 Å². The molecule has 0 saturated carbocycles. The maximum atomic E-state index is 12.9. The van der Waals surface area contributed by atoms with Gasteiger partial charge in [-0.25, -0.2) is 0 Å².